The average Bonchev–Trinajstić information content (AvgIpc) is 2.58. The second-order valence-corrected chi connectivity index (χ2v) is 5.45. The van der Waals surface area contributed by atoms with Crippen molar-refractivity contribution in [2.45, 2.75) is 38.8 Å². The van der Waals surface area contributed by atoms with Crippen LogP contribution >= 0.6 is 0 Å². The van der Waals surface area contributed by atoms with Crippen molar-refractivity contribution < 1.29 is 9.47 Å². The third-order valence-corrected chi connectivity index (χ3v) is 3.81. The molecule has 1 fully saturated rings. The normalized spacial score (nSPS) is 26.3. The number of hydrogen-bond acceptors (Lipinski definition) is 3. The van der Waals surface area contributed by atoms with Crippen LogP contribution in [0.4, 0.5) is 0 Å². The molecular formula is C15H21NO2. The van der Waals surface area contributed by atoms with Crippen LogP contribution in [-0.4, -0.2) is 19.3 Å². The van der Waals surface area contributed by atoms with Gasteiger partial charge in [-0.1, -0.05) is 19.1 Å². The van der Waals surface area contributed by atoms with E-state index in [1.54, 1.807) is 0 Å². The van der Waals surface area contributed by atoms with Gasteiger partial charge in [-0.2, -0.15) is 0 Å². The van der Waals surface area contributed by atoms with Gasteiger partial charge in [0.25, 0.3) is 0 Å². The minimum atomic E-state index is 0.683. The van der Waals surface area contributed by atoms with Gasteiger partial charge in [-0.25, -0.2) is 0 Å². The van der Waals surface area contributed by atoms with E-state index in [0.29, 0.717) is 6.04 Å². The summed E-state index contributed by atoms with van der Waals surface area (Å²) in [5.41, 5.74) is 1.22. The van der Waals surface area contributed by atoms with Crippen LogP contribution in [0.5, 0.6) is 11.5 Å². The van der Waals surface area contributed by atoms with Crippen molar-refractivity contribution in [3.63, 3.8) is 0 Å². The molecule has 3 rings (SSSR count). The number of ether oxygens (including phenoxy) is 2. The van der Waals surface area contributed by atoms with Gasteiger partial charge in [0.2, 0.25) is 0 Å². The van der Waals surface area contributed by atoms with E-state index in [1.165, 1.54) is 18.4 Å². The third-order valence-electron chi connectivity index (χ3n) is 3.81. The van der Waals surface area contributed by atoms with Crippen LogP contribution in [0.25, 0.3) is 0 Å². The zero-order valence-corrected chi connectivity index (χ0v) is 10.9. The molecule has 0 atom stereocenters. The maximum absolute atomic E-state index is 5.82. The van der Waals surface area contributed by atoms with Gasteiger partial charge in [0.15, 0.2) is 11.5 Å². The lowest BCUT2D eigenvalue weighted by Gasteiger charge is -2.33. The molecule has 3 heteroatoms. The highest BCUT2D eigenvalue weighted by Crippen LogP contribution is 2.34. The highest BCUT2D eigenvalue weighted by atomic mass is 16.5. The van der Waals surface area contributed by atoms with E-state index >= 15 is 0 Å². The number of hydrogen-bond donors (Lipinski definition) is 1. The largest absolute Gasteiger partial charge is 0.490 e. The summed E-state index contributed by atoms with van der Waals surface area (Å²) in [6.07, 6.45) is 3.56. The zero-order chi connectivity index (χ0) is 12.4. The van der Waals surface area contributed by atoms with Crippen molar-refractivity contribution in [2.24, 2.45) is 5.92 Å². The van der Waals surface area contributed by atoms with Crippen molar-refractivity contribution in [3.8, 4) is 11.5 Å². The average molecular weight is 247 g/mol. The Balaban J connectivity index is 1.67. The molecule has 3 nitrogen and oxygen atoms in total. The smallest absolute Gasteiger partial charge is 0.165 e. The number of benzene rings is 1. The maximum Gasteiger partial charge on any atom is 0.165 e. The van der Waals surface area contributed by atoms with Crippen LogP contribution in [0.15, 0.2) is 18.2 Å². The van der Waals surface area contributed by atoms with Gasteiger partial charge in [-0.15, -0.1) is 0 Å². The number of nitrogens with one attached hydrogen (secondary N) is 1. The predicted octanol–water partition coefficient (Wildman–Crippen LogP) is 2.74. The first-order valence-corrected chi connectivity index (χ1v) is 6.94. The van der Waals surface area contributed by atoms with E-state index in [2.05, 4.69) is 18.3 Å². The molecule has 0 radical (unpaired) electrons. The minimum Gasteiger partial charge on any atom is -0.490 e. The molecule has 1 aliphatic carbocycles. The number of rotatable bonds is 3. The second-order valence-electron chi connectivity index (χ2n) is 5.45. The first-order valence-electron chi connectivity index (χ1n) is 6.94. The SMILES string of the molecule is CC1CC(NCc2cccc3c2OCCCO3)C1. The molecule has 0 unspecified atom stereocenters. The van der Waals surface area contributed by atoms with Crippen molar-refractivity contribution in [1.29, 1.82) is 0 Å². The molecule has 1 aliphatic heterocycles. The third kappa shape index (κ3) is 2.46. The van der Waals surface area contributed by atoms with Crippen LogP contribution in [0.1, 0.15) is 31.7 Å². The summed E-state index contributed by atoms with van der Waals surface area (Å²) in [6, 6.07) is 6.86. The topological polar surface area (TPSA) is 30.5 Å². The number of para-hydroxylation sites is 1. The Morgan fingerprint density at radius 3 is 2.89 bits per heavy atom. The summed E-state index contributed by atoms with van der Waals surface area (Å²) in [7, 11) is 0. The summed E-state index contributed by atoms with van der Waals surface area (Å²) in [4.78, 5) is 0. The van der Waals surface area contributed by atoms with Crippen molar-refractivity contribution in [1.82, 2.24) is 5.32 Å². The summed E-state index contributed by atoms with van der Waals surface area (Å²) >= 11 is 0. The molecular weight excluding hydrogens is 226 g/mol. The molecule has 1 heterocycles. The van der Waals surface area contributed by atoms with E-state index in [1.807, 2.05) is 12.1 Å². The molecule has 1 N–H and O–H groups in total. The van der Waals surface area contributed by atoms with Crippen LogP contribution in [0.2, 0.25) is 0 Å². The maximum atomic E-state index is 5.82. The van der Waals surface area contributed by atoms with Gasteiger partial charge in [0.1, 0.15) is 0 Å². The Hall–Kier alpha value is -1.22. The highest BCUT2D eigenvalue weighted by Gasteiger charge is 2.25. The minimum absolute atomic E-state index is 0.683. The Labute approximate surface area is 108 Å². The van der Waals surface area contributed by atoms with Crippen molar-refractivity contribution in [3.05, 3.63) is 23.8 Å². The summed E-state index contributed by atoms with van der Waals surface area (Å²) in [5, 5.41) is 3.60. The summed E-state index contributed by atoms with van der Waals surface area (Å²) in [6.45, 7) is 4.70. The van der Waals surface area contributed by atoms with Crippen LogP contribution < -0.4 is 14.8 Å². The molecule has 0 saturated heterocycles. The monoisotopic (exact) mass is 247 g/mol. The molecule has 1 aromatic carbocycles. The fourth-order valence-corrected chi connectivity index (χ4v) is 2.72. The Kier molecular flexibility index (Phi) is 3.41. The van der Waals surface area contributed by atoms with E-state index in [4.69, 9.17) is 9.47 Å². The quantitative estimate of drug-likeness (QED) is 0.891. The van der Waals surface area contributed by atoms with Crippen molar-refractivity contribution >= 4 is 0 Å². The van der Waals surface area contributed by atoms with Gasteiger partial charge in [0, 0.05) is 24.6 Å². The van der Waals surface area contributed by atoms with Crippen LogP contribution in [0.3, 0.4) is 0 Å². The molecule has 1 aromatic rings. The first kappa shape index (κ1) is 11.8. The van der Waals surface area contributed by atoms with Gasteiger partial charge in [0.05, 0.1) is 13.2 Å². The molecule has 0 spiro atoms. The predicted molar refractivity (Wildman–Crippen MR) is 71.1 cm³/mol. The molecule has 98 valence electrons. The molecule has 18 heavy (non-hydrogen) atoms. The fourth-order valence-electron chi connectivity index (χ4n) is 2.72. The number of fused-ring (bicyclic) bond motifs is 1. The highest BCUT2D eigenvalue weighted by molar-refractivity contribution is 5.47. The molecule has 0 bridgehead atoms. The first-order chi connectivity index (χ1) is 8.83. The van der Waals surface area contributed by atoms with Gasteiger partial charge in [-0.3, -0.25) is 0 Å². The molecule has 0 amide bonds. The van der Waals surface area contributed by atoms with Gasteiger partial charge in [-0.05, 0) is 24.8 Å². The molecule has 0 aromatic heterocycles. The molecule has 2 aliphatic rings. The standard InChI is InChI=1S/C15H21NO2/c1-11-8-13(9-11)16-10-12-4-2-5-14-15(12)18-7-3-6-17-14/h2,4-5,11,13,16H,3,6-10H2,1H3. The van der Waals surface area contributed by atoms with E-state index in [0.717, 1.165) is 43.6 Å². The summed E-state index contributed by atoms with van der Waals surface area (Å²) in [5.74, 6) is 2.72. The van der Waals surface area contributed by atoms with Crippen LogP contribution in [0, 0.1) is 5.92 Å². The van der Waals surface area contributed by atoms with Crippen molar-refractivity contribution in [2.75, 3.05) is 13.2 Å². The second kappa shape index (κ2) is 5.19. The van der Waals surface area contributed by atoms with E-state index in [9.17, 15) is 0 Å². The lowest BCUT2D eigenvalue weighted by Crippen LogP contribution is -2.39. The fraction of sp³-hybridized carbons (Fsp3) is 0.600. The zero-order valence-electron chi connectivity index (χ0n) is 10.9. The Morgan fingerprint density at radius 2 is 2.06 bits per heavy atom. The molecule has 1 saturated carbocycles. The summed E-state index contributed by atoms with van der Waals surface area (Å²) < 4.78 is 11.5. The Morgan fingerprint density at radius 1 is 1.22 bits per heavy atom. The van der Waals surface area contributed by atoms with E-state index < -0.39 is 0 Å². The lowest BCUT2D eigenvalue weighted by atomic mass is 9.82. The van der Waals surface area contributed by atoms with Crippen LogP contribution in [-0.2, 0) is 6.54 Å². The lowest BCUT2D eigenvalue weighted by molar-refractivity contribution is 0.238. The van der Waals surface area contributed by atoms with E-state index in [-0.39, 0.29) is 0 Å². The Bertz CT molecular complexity index is 413. The van der Waals surface area contributed by atoms with Gasteiger partial charge < -0.3 is 14.8 Å². The van der Waals surface area contributed by atoms with Gasteiger partial charge >= 0.3 is 0 Å².